The third-order valence-corrected chi connectivity index (χ3v) is 5.26. The van der Waals surface area contributed by atoms with E-state index >= 15 is 0 Å². The molecule has 150 valence electrons. The number of hydrogen-bond donors (Lipinski definition) is 2. The molecule has 3 rings (SSSR count). The van der Waals surface area contributed by atoms with Gasteiger partial charge in [-0.2, -0.15) is 0 Å². The molecule has 2 N–H and O–H groups in total. The highest BCUT2D eigenvalue weighted by Gasteiger charge is 2.21. The first kappa shape index (κ1) is 20.7. The lowest BCUT2D eigenvalue weighted by Crippen LogP contribution is -2.42. The van der Waals surface area contributed by atoms with Gasteiger partial charge in [-0.25, -0.2) is 4.79 Å². The highest BCUT2D eigenvalue weighted by atomic mass is 35.5. The molecule has 0 aromatic heterocycles. The number of phenolic OH excluding ortho intramolecular Hbond substituents is 1. The van der Waals surface area contributed by atoms with Crippen molar-refractivity contribution in [3.63, 3.8) is 0 Å². The normalized spacial score (nSPS) is 14.4. The summed E-state index contributed by atoms with van der Waals surface area (Å²) in [5.74, 6) is -0.812. The van der Waals surface area contributed by atoms with Gasteiger partial charge in [0.2, 0.25) is 5.91 Å². The van der Waals surface area contributed by atoms with E-state index in [1.54, 1.807) is 18.2 Å². The zero-order valence-electron chi connectivity index (χ0n) is 16.0. The van der Waals surface area contributed by atoms with Crippen LogP contribution in [0.1, 0.15) is 23.1 Å². The van der Waals surface area contributed by atoms with Gasteiger partial charge in [0.15, 0.2) is 0 Å². The van der Waals surface area contributed by atoms with Gasteiger partial charge >= 0.3 is 5.97 Å². The van der Waals surface area contributed by atoms with E-state index in [0.29, 0.717) is 5.03 Å². The van der Waals surface area contributed by atoms with Crippen molar-refractivity contribution in [1.29, 1.82) is 0 Å². The zero-order valence-corrected chi connectivity index (χ0v) is 16.8. The molecular formula is C23H22ClNO4. The van der Waals surface area contributed by atoms with Crippen LogP contribution in [0, 0.1) is 0 Å². The molecule has 0 spiro atoms. The lowest BCUT2D eigenvalue weighted by atomic mass is 9.92. The van der Waals surface area contributed by atoms with Crippen LogP contribution in [0.4, 0.5) is 0 Å². The molecule has 0 aliphatic heterocycles. The first-order chi connectivity index (χ1) is 14.0. The summed E-state index contributed by atoms with van der Waals surface area (Å²) in [5.41, 5.74) is 3.85. The van der Waals surface area contributed by atoms with Gasteiger partial charge in [-0.1, -0.05) is 54.1 Å². The maximum atomic E-state index is 12.4. The number of phenols is 1. The SMILES string of the molecule is COC(=O)[C@H](Cc1ccc(O)cc1)NC(=O)/C=C/C1=C(Cl)c2ccccc2CC1. The topological polar surface area (TPSA) is 75.6 Å². The fraction of sp³-hybridized carbons (Fsp3) is 0.217. The molecule has 1 amide bonds. The number of nitrogens with one attached hydrogen (secondary N) is 1. The Morgan fingerprint density at radius 2 is 1.90 bits per heavy atom. The number of rotatable bonds is 6. The summed E-state index contributed by atoms with van der Waals surface area (Å²) in [6, 6.07) is 13.5. The lowest BCUT2D eigenvalue weighted by molar-refractivity contribution is -0.144. The maximum Gasteiger partial charge on any atom is 0.328 e. The van der Waals surface area contributed by atoms with Gasteiger partial charge in [0.05, 0.1) is 12.1 Å². The summed E-state index contributed by atoms with van der Waals surface area (Å²) >= 11 is 6.50. The van der Waals surface area contributed by atoms with Crippen LogP contribution in [-0.4, -0.2) is 30.1 Å². The van der Waals surface area contributed by atoms with Crippen molar-refractivity contribution in [2.75, 3.05) is 7.11 Å². The van der Waals surface area contributed by atoms with Crippen molar-refractivity contribution in [2.24, 2.45) is 0 Å². The van der Waals surface area contributed by atoms with Crippen LogP contribution in [0.5, 0.6) is 5.75 Å². The van der Waals surface area contributed by atoms with Gasteiger partial charge < -0.3 is 15.2 Å². The molecule has 0 bridgehead atoms. The average molecular weight is 412 g/mol. The molecule has 0 saturated heterocycles. The number of fused-ring (bicyclic) bond motifs is 1. The Morgan fingerprint density at radius 1 is 1.17 bits per heavy atom. The Labute approximate surface area is 174 Å². The van der Waals surface area contributed by atoms with Gasteiger partial charge in [0, 0.05) is 12.5 Å². The lowest BCUT2D eigenvalue weighted by Gasteiger charge is -2.18. The van der Waals surface area contributed by atoms with Gasteiger partial charge in [0.1, 0.15) is 11.8 Å². The van der Waals surface area contributed by atoms with E-state index in [4.69, 9.17) is 16.3 Å². The summed E-state index contributed by atoms with van der Waals surface area (Å²) in [4.78, 5) is 24.5. The van der Waals surface area contributed by atoms with E-state index in [0.717, 1.165) is 29.5 Å². The number of aryl methyl sites for hydroxylation is 1. The average Bonchev–Trinajstić information content (AvgIpc) is 2.74. The summed E-state index contributed by atoms with van der Waals surface area (Å²) in [6.07, 6.45) is 4.94. The third-order valence-electron chi connectivity index (χ3n) is 4.81. The molecule has 1 aliphatic carbocycles. The number of hydrogen-bond acceptors (Lipinski definition) is 4. The van der Waals surface area contributed by atoms with Crippen LogP contribution in [0.2, 0.25) is 0 Å². The molecule has 0 radical (unpaired) electrons. The van der Waals surface area contributed by atoms with Crippen molar-refractivity contribution in [1.82, 2.24) is 5.32 Å². The number of ether oxygens (including phenoxy) is 1. The van der Waals surface area contributed by atoms with Crippen molar-refractivity contribution >= 4 is 28.5 Å². The predicted molar refractivity (Wildman–Crippen MR) is 112 cm³/mol. The van der Waals surface area contributed by atoms with E-state index in [1.165, 1.54) is 30.9 Å². The van der Waals surface area contributed by atoms with Gasteiger partial charge in [-0.15, -0.1) is 0 Å². The van der Waals surface area contributed by atoms with Crippen LogP contribution in [0.3, 0.4) is 0 Å². The second-order valence-corrected chi connectivity index (χ2v) is 7.16. The zero-order chi connectivity index (χ0) is 20.8. The highest BCUT2D eigenvalue weighted by molar-refractivity contribution is 6.49. The molecule has 6 heteroatoms. The molecule has 1 aliphatic rings. The van der Waals surface area contributed by atoms with E-state index in [9.17, 15) is 14.7 Å². The van der Waals surface area contributed by atoms with Gasteiger partial charge in [-0.05, 0) is 47.2 Å². The van der Waals surface area contributed by atoms with Gasteiger partial charge in [0.25, 0.3) is 0 Å². The van der Waals surface area contributed by atoms with Crippen LogP contribution in [0.25, 0.3) is 5.03 Å². The molecule has 5 nitrogen and oxygen atoms in total. The first-order valence-corrected chi connectivity index (χ1v) is 9.67. The van der Waals surface area contributed by atoms with Crippen LogP contribution >= 0.6 is 11.6 Å². The minimum absolute atomic E-state index is 0.134. The fourth-order valence-corrected chi connectivity index (χ4v) is 3.60. The van der Waals surface area contributed by atoms with Crippen molar-refractivity contribution in [2.45, 2.75) is 25.3 Å². The number of allylic oxidation sites excluding steroid dienone is 2. The Balaban J connectivity index is 1.70. The molecule has 0 saturated carbocycles. The second kappa shape index (κ2) is 9.43. The Morgan fingerprint density at radius 3 is 2.62 bits per heavy atom. The minimum Gasteiger partial charge on any atom is -0.508 e. The number of halogens is 1. The number of aromatic hydroxyl groups is 1. The Hall–Kier alpha value is -3.05. The fourth-order valence-electron chi connectivity index (χ4n) is 3.26. The summed E-state index contributed by atoms with van der Waals surface area (Å²) < 4.78 is 4.80. The number of carbonyl (C=O) groups is 2. The molecular weight excluding hydrogens is 390 g/mol. The third kappa shape index (κ3) is 5.27. The van der Waals surface area contributed by atoms with Crippen molar-refractivity contribution < 1.29 is 19.4 Å². The summed E-state index contributed by atoms with van der Waals surface area (Å²) in [7, 11) is 1.28. The predicted octanol–water partition coefficient (Wildman–Crippen LogP) is 3.75. The van der Waals surface area contributed by atoms with E-state index in [-0.39, 0.29) is 12.2 Å². The quantitative estimate of drug-likeness (QED) is 0.560. The van der Waals surface area contributed by atoms with Crippen LogP contribution < -0.4 is 5.32 Å². The monoisotopic (exact) mass is 411 g/mol. The largest absolute Gasteiger partial charge is 0.508 e. The minimum atomic E-state index is -0.835. The number of amides is 1. The number of methoxy groups -OCH3 is 1. The smallest absolute Gasteiger partial charge is 0.328 e. The molecule has 0 heterocycles. The Kier molecular flexibility index (Phi) is 6.73. The van der Waals surface area contributed by atoms with E-state index < -0.39 is 17.9 Å². The van der Waals surface area contributed by atoms with Crippen LogP contribution in [0.15, 0.2) is 66.3 Å². The summed E-state index contributed by atoms with van der Waals surface area (Å²) in [5, 5.41) is 12.7. The van der Waals surface area contributed by atoms with Crippen molar-refractivity contribution in [3.8, 4) is 5.75 Å². The molecule has 0 fully saturated rings. The standard InChI is InChI=1S/C23H22ClNO4/c1-29-23(28)20(14-15-6-11-18(26)12-7-15)25-21(27)13-10-17-9-8-16-4-2-3-5-19(16)22(17)24/h2-7,10-13,20,26H,8-9,14H2,1H3,(H,25,27)/b13-10+/t20-/m0/s1. The Bertz CT molecular complexity index is 963. The summed E-state index contributed by atoms with van der Waals surface area (Å²) in [6.45, 7) is 0. The second-order valence-electron chi connectivity index (χ2n) is 6.78. The molecule has 2 aromatic rings. The van der Waals surface area contributed by atoms with Gasteiger partial charge in [-0.3, -0.25) is 4.79 Å². The highest BCUT2D eigenvalue weighted by Crippen LogP contribution is 2.34. The van der Waals surface area contributed by atoms with E-state index in [2.05, 4.69) is 11.4 Å². The number of esters is 1. The molecule has 29 heavy (non-hydrogen) atoms. The molecule has 2 aromatic carbocycles. The molecule has 1 atom stereocenters. The number of benzene rings is 2. The van der Waals surface area contributed by atoms with Crippen molar-refractivity contribution in [3.05, 3.63) is 82.9 Å². The van der Waals surface area contributed by atoms with Crippen LogP contribution in [-0.2, 0) is 27.2 Å². The first-order valence-electron chi connectivity index (χ1n) is 9.29. The number of carbonyl (C=O) groups excluding carboxylic acids is 2. The maximum absolute atomic E-state index is 12.4. The van der Waals surface area contributed by atoms with E-state index in [1.807, 2.05) is 18.2 Å². The molecule has 0 unspecified atom stereocenters.